The fourth-order valence-electron chi connectivity index (χ4n) is 1.20. The highest BCUT2D eigenvalue weighted by molar-refractivity contribution is 9.10. The van der Waals surface area contributed by atoms with E-state index in [1.165, 1.54) is 11.3 Å². The van der Waals surface area contributed by atoms with Gasteiger partial charge in [-0.1, -0.05) is 33.2 Å². The molecule has 0 aliphatic heterocycles. The first-order chi connectivity index (χ1) is 8.66. The van der Waals surface area contributed by atoms with Crippen molar-refractivity contribution in [1.29, 1.82) is 0 Å². The number of rotatable bonds is 3. The second-order valence-electron chi connectivity index (χ2n) is 3.37. The van der Waals surface area contributed by atoms with Gasteiger partial charge in [-0.05, 0) is 23.6 Å². The van der Waals surface area contributed by atoms with E-state index in [0.29, 0.717) is 11.1 Å². The van der Waals surface area contributed by atoms with Crippen molar-refractivity contribution in [2.24, 2.45) is 10.9 Å². The summed E-state index contributed by atoms with van der Waals surface area (Å²) < 4.78 is 0.939. The van der Waals surface area contributed by atoms with Crippen LogP contribution in [-0.4, -0.2) is 11.8 Å². The SMILES string of the molecule is NC(=NOC(=O)c1ccsc1)c1ccc(Br)cc1. The van der Waals surface area contributed by atoms with E-state index in [9.17, 15) is 4.79 Å². The second-order valence-corrected chi connectivity index (χ2v) is 5.07. The minimum absolute atomic E-state index is 0.158. The molecule has 0 fully saturated rings. The quantitative estimate of drug-likeness (QED) is 0.408. The minimum atomic E-state index is -0.517. The number of hydrogen-bond donors (Lipinski definition) is 1. The molecular weight excluding hydrogens is 316 g/mol. The van der Waals surface area contributed by atoms with Gasteiger partial charge in [-0.15, -0.1) is 0 Å². The highest BCUT2D eigenvalue weighted by Crippen LogP contribution is 2.11. The maximum atomic E-state index is 11.5. The lowest BCUT2D eigenvalue weighted by Gasteiger charge is -2.00. The van der Waals surface area contributed by atoms with Gasteiger partial charge in [0.1, 0.15) is 0 Å². The third-order valence-electron chi connectivity index (χ3n) is 2.12. The summed E-state index contributed by atoms with van der Waals surface area (Å²) in [5.74, 6) is -0.359. The predicted molar refractivity (Wildman–Crippen MR) is 74.6 cm³/mol. The summed E-state index contributed by atoms with van der Waals surface area (Å²) in [5.41, 5.74) is 6.86. The molecule has 1 heterocycles. The monoisotopic (exact) mass is 324 g/mol. The number of carbonyl (C=O) groups excluding carboxylic acids is 1. The van der Waals surface area contributed by atoms with E-state index < -0.39 is 5.97 Å². The summed E-state index contributed by atoms with van der Waals surface area (Å²) in [5, 5.41) is 7.09. The second kappa shape index (κ2) is 5.79. The van der Waals surface area contributed by atoms with Crippen LogP contribution < -0.4 is 5.73 Å². The highest BCUT2D eigenvalue weighted by atomic mass is 79.9. The molecule has 4 nitrogen and oxygen atoms in total. The maximum absolute atomic E-state index is 11.5. The molecule has 0 bridgehead atoms. The van der Waals surface area contributed by atoms with E-state index in [2.05, 4.69) is 21.1 Å². The summed E-state index contributed by atoms with van der Waals surface area (Å²) in [6.07, 6.45) is 0. The van der Waals surface area contributed by atoms with Gasteiger partial charge in [0.25, 0.3) is 0 Å². The Balaban J connectivity index is 2.05. The van der Waals surface area contributed by atoms with Crippen LogP contribution in [0.1, 0.15) is 15.9 Å². The van der Waals surface area contributed by atoms with Crippen molar-refractivity contribution in [3.05, 3.63) is 56.7 Å². The van der Waals surface area contributed by atoms with Gasteiger partial charge in [-0.25, -0.2) is 4.79 Å². The molecule has 0 unspecified atom stereocenters. The Bertz CT molecular complexity index is 564. The van der Waals surface area contributed by atoms with Crippen LogP contribution in [0.15, 0.2) is 50.7 Å². The number of benzene rings is 1. The average molecular weight is 325 g/mol. The Morgan fingerprint density at radius 2 is 1.94 bits per heavy atom. The van der Waals surface area contributed by atoms with Gasteiger partial charge in [-0.2, -0.15) is 11.3 Å². The first-order valence-electron chi connectivity index (χ1n) is 5.00. The van der Waals surface area contributed by atoms with Crippen molar-refractivity contribution in [3.8, 4) is 0 Å². The van der Waals surface area contributed by atoms with Gasteiger partial charge >= 0.3 is 5.97 Å². The van der Waals surface area contributed by atoms with Crippen LogP contribution in [0.2, 0.25) is 0 Å². The summed E-state index contributed by atoms with van der Waals surface area (Å²) in [4.78, 5) is 16.3. The van der Waals surface area contributed by atoms with Crippen LogP contribution in [0.25, 0.3) is 0 Å². The van der Waals surface area contributed by atoms with Crippen molar-refractivity contribution in [3.63, 3.8) is 0 Å². The van der Waals surface area contributed by atoms with E-state index in [-0.39, 0.29) is 5.84 Å². The molecule has 2 rings (SSSR count). The van der Waals surface area contributed by atoms with E-state index >= 15 is 0 Å². The average Bonchev–Trinajstić information content (AvgIpc) is 2.90. The summed E-state index contributed by atoms with van der Waals surface area (Å²) >= 11 is 4.73. The Hall–Kier alpha value is -1.66. The number of hydrogen-bond acceptors (Lipinski definition) is 4. The summed E-state index contributed by atoms with van der Waals surface area (Å²) in [6.45, 7) is 0. The lowest BCUT2D eigenvalue weighted by Crippen LogP contribution is -2.15. The largest absolute Gasteiger partial charge is 0.380 e. The zero-order valence-corrected chi connectivity index (χ0v) is 11.6. The van der Waals surface area contributed by atoms with E-state index in [1.807, 2.05) is 12.1 Å². The highest BCUT2D eigenvalue weighted by Gasteiger charge is 2.07. The number of nitrogens with zero attached hydrogens (tertiary/aromatic N) is 1. The Labute approximate surface area is 116 Å². The van der Waals surface area contributed by atoms with Gasteiger partial charge in [0.05, 0.1) is 5.56 Å². The molecular formula is C12H9BrN2O2S. The van der Waals surface area contributed by atoms with Gasteiger partial charge in [0.2, 0.25) is 0 Å². The normalized spacial score (nSPS) is 11.3. The van der Waals surface area contributed by atoms with Crippen LogP contribution >= 0.6 is 27.3 Å². The number of nitrogens with two attached hydrogens (primary N) is 1. The molecule has 0 spiro atoms. The molecule has 1 aromatic heterocycles. The topological polar surface area (TPSA) is 64.7 Å². The first kappa shape index (κ1) is 12.8. The molecule has 0 saturated heterocycles. The molecule has 1 aromatic carbocycles. The number of oxime groups is 1. The number of carbonyl (C=O) groups is 1. The van der Waals surface area contributed by atoms with Crippen LogP contribution in [0.3, 0.4) is 0 Å². The maximum Gasteiger partial charge on any atom is 0.366 e. The fraction of sp³-hybridized carbons (Fsp3) is 0. The third kappa shape index (κ3) is 3.18. The number of thiophene rings is 1. The van der Waals surface area contributed by atoms with Gasteiger partial charge in [0, 0.05) is 15.4 Å². The molecule has 0 radical (unpaired) electrons. The molecule has 6 heteroatoms. The molecule has 0 saturated carbocycles. The minimum Gasteiger partial charge on any atom is -0.380 e. The van der Waals surface area contributed by atoms with Crippen LogP contribution in [0.4, 0.5) is 0 Å². The standard InChI is InChI=1S/C12H9BrN2O2S/c13-10-3-1-8(2-4-10)11(14)15-17-12(16)9-5-6-18-7-9/h1-7H,(H2,14,15). The van der Waals surface area contributed by atoms with Crippen molar-refractivity contribution in [2.45, 2.75) is 0 Å². The smallest absolute Gasteiger partial charge is 0.366 e. The lowest BCUT2D eigenvalue weighted by molar-refractivity contribution is 0.0516. The predicted octanol–water partition coefficient (Wildman–Crippen LogP) is 2.99. The third-order valence-corrected chi connectivity index (χ3v) is 3.34. The van der Waals surface area contributed by atoms with Crippen molar-refractivity contribution in [2.75, 3.05) is 0 Å². The van der Waals surface area contributed by atoms with Gasteiger partial charge in [-0.3, -0.25) is 0 Å². The van der Waals surface area contributed by atoms with E-state index in [4.69, 9.17) is 10.6 Å². The molecule has 0 amide bonds. The van der Waals surface area contributed by atoms with Crippen molar-refractivity contribution >= 4 is 39.1 Å². The molecule has 92 valence electrons. The molecule has 0 atom stereocenters. The van der Waals surface area contributed by atoms with Crippen LogP contribution in [0.5, 0.6) is 0 Å². The Kier molecular flexibility index (Phi) is 4.11. The number of halogens is 1. The Morgan fingerprint density at radius 3 is 2.56 bits per heavy atom. The molecule has 2 aromatic rings. The molecule has 0 aliphatic rings. The van der Waals surface area contributed by atoms with Crippen molar-refractivity contribution < 1.29 is 9.63 Å². The van der Waals surface area contributed by atoms with Crippen LogP contribution in [-0.2, 0) is 4.84 Å². The zero-order valence-electron chi connectivity index (χ0n) is 9.17. The van der Waals surface area contributed by atoms with E-state index in [1.54, 1.807) is 29.0 Å². The number of amidine groups is 1. The zero-order chi connectivity index (χ0) is 13.0. The summed E-state index contributed by atoms with van der Waals surface area (Å²) in [7, 11) is 0. The lowest BCUT2D eigenvalue weighted by atomic mass is 10.2. The van der Waals surface area contributed by atoms with E-state index in [0.717, 1.165) is 4.47 Å². The summed E-state index contributed by atoms with van der Waals surface area (Å²) in [6, 6.07) is 8.89. The Morgan fingerprint density at radius 1 is 1.22 bits per heavy atom. The van der Waals surface area contributed by atoms with Crippen molar-refractivity contribution in [1.82, 2.24) is 0 Å². The van der Waals surface area contributed by atoms with Gasteiger partial charge < -0.3 is 10.6 Å². The van der Waals surface area contributed by atoms with Gasteiger partial charge in [0.15, 0.2) is 5.84 Å². The first-order valence-corrected chi connectivity index (χ1v) is 6.73. The molecule has 18 heavy (non-hydrogen) atoms. The fourth-order valence-corrected chi connectivity index (χ4v) is 2.09. The molecule has 2 N–H and O–H groups in total. The molecule has 0 aliphatic carbocycles. The van der Waals surface area contributed by atoms with Crippen LogP contribution in [0, 0.1) is 0 Å².